The van der Waals surface area contributed by atoms with Crippen LogP contribution in [0.1, 0.15) is 13.3 Å². The third kappa shape index (κ3) is 4.66. The zero-order valence-corrected chi connectivity index (χ0v) is 16.5. The normalized spacial score (nSPS) is 15.4. The summed E-state index contributed by atoms with van der Waals surface area (Å²) >= 11 is 6.09. The Morgan fingerprint density at radius 2 is 1.78 bits per heavy atom. The molecule has 1 fully saturated rings. The highest BCUT2D eigenvalue weighted by atomic mass is 35.5. The quantitative estimate of drug-likeness (QED) is 0.753. The molecule has 144 valence electrons. The van der Waals surface area contributed by atoms with Gasteiger partial charge in [-0.2, -0.15) is 0 Å². The molecule has 1 heterocycles. The van der Waals surface area contributed by atoms with E-state index in [0.29, 0.717) is 31.0 Å². The average molecular weight is 389 g/mol. The standard InChI is InChI=1S/C21H25ClN2O3/c1-3-18(27-20-10-5-4-9-19(20)26-2)21(25)24-13-11-23(12-14-24)17-8-6-7-16(22)15-17/h4-10,15,18H,3,11-14H2,1-2H3/t18-/m1/s1. The van der Waals surface area contributed by atoms with Crippen LogP contribution in [-0.4, -0.2) is 50.2 Å². The van der Waals surface area contributed by atoms with Crippen LogP contribution in [0.2, 0.25) is 5.02 Å². The molecular formula is C21H25ClN2O3. The van der Waals surface area contributed by atoms with Gasteiger partial charge < -0.3 is 19.3 Å². The van der Waals surface area contributed by atoms with Crippen LogP contribution in [0.4, 0.5) is 5.69 Å². The predicted octanol–water partition coefficient (Wildman–Crippen LogP) is 3.85. The van der Waals surface area contributed by atoms with Gasteiger partial charge in [0, 0.05) is 36.9 Å². The minimum Gasteiger partial charge on any atom is -0.493 e. The van der Waals surface area contributed by atoms with Crippen molar-refractivity contribution in [1.82, 2.24) is 4.90 Å². The lowest BCUT2D eigenvalue weighted by Crippen LogP contribution is -2.52. The van der Waals surface area contributed by atoms with Gasteiger partial charge in [-0.05, 0) is 36.8 Å². The molecule has 0 radical (unpaired) electrons. The number of nitrogens with zero attached hydrogens (tertiary/aromatic N) is 2. The second kappa shape index (κ2) is 9.00. The second-order valence-electron chi connectivity index (χ2n) is 6.46. The molecule has 0 spiro atoms. The van der Waals surface area contributed by atoms with Crippen molar-refractivity contribution in [1.29, 1.82) is 0 Å². The molecule has 0 aliphatic carbocycles. The van der Waals surface area contributed by atoms with Gasteiger partial charge in [-0.25, -0.2) is 0 Å². The SMILES string of the molecule is CC[C@@H](Oc1ccccc1OC)C(=O)N1CCN(c2cccc(Cl)c2)CC1. The fourth-order valence-corrected chi connectivity index (χ4v) is 3.42. The van der Waals surface area contributed by atoms with Crippen LogP contribution in [0.15, 0.2) is 48.5 Å². The summed E-state index contributed by atoms with van der Waals surface area (Å²) in [6.07, 6.45) is 0.0878. The number of benzene rings is 2. The van der Waals surface area contributed by atoms with Gasteiger partial charge in [0.2, 0.25) is 0 Å². The maximum atomic E-state index is 13.0. The highest BCUT2D eigenvalue weighted by molar-refractivity contribution is 6.30. The zero-order valence-electron chi connectivity index (χ0n) is 15.7. The summed E-state index contributed by atoms with van der Waals surface area (Å²) in [6.45, 7) is 4.84. The minimum absolute atomic E-state index is 0.0224. The summed E-state index contributed by atoms with van der Waals surface area (Å²) < 4.78 is 11.3. The molecule has 3 rings (SSSR count). The number of methoxy groups -OCH3 is 1. The Bertz CT molecular complexity index is 776. The number of ether oxygens (including phenoxy) is 2. The van der Waals surface area contributed by atoms with Gasteiger partial charge in [0.1, 0.15) is 0 Å². The monoisotopic (exact) mass is 388 g/mol. The van der Waals surface area contributed by atoms with Crippen molar-refractivity contribution < 1.29 is 14.3 Å². The molecule has 1 saturated heterocycles. The van der Waals surface area contributed by atoms with Crippen LogP contribution in [0.5, 0.6) is 11.5 Å². The summed E-state index contributed by atoms with van der Waals surface area (Å²) in [4.78, 5) is 17.1. The van der Waals surface area contributed by atoms with Crippen LogP contribution < -0.4 is 14.4 Å². The van der Waals surface area contributed by atoms with Crippen molar-refractivity contribution in [2.24, 2.45) is 0 Å². The van der Waals surface area contributed by atoms with E-state index in [9.17, 15) is 4.79 Å². The summed E-state index contributed by atoms with van der Waals surface area (Å²) in [5.41, 5.74) is 1.09. The average Bonchev–Trinajstić information content (AvgIpc) is 2.72. The highest BCUT2D eigenvalue weighted by Gasteiger charge is 2.28. The van der Waals surface area contributed by atoms with Crippen LogP contribution >= 0.6 is 11.6 Å². The number of piperazine rings is 1. The number of hydrogen-bond acceptors (Lipinski definition) is 4. The smallest absolute Gasteiger partial charge is 0.263 e. The number of amides is 1. The molecule has 1 amide bonds. The first-order valence-corrected chi connectivity index (χ1v) is 9.59. The van der Waals surface area contributed by atoms with Crippen molar-refractivity contribution in [2.45, 2.75) is 19.4 Å². The lowest BCUT2D eigenvalue weighted by atomic mass is 10.2. The summed E-state index contributed by atoms with van der Waals surface area (Å²) in [5, 5.41) is 0.724. The number of carbonyl (C=O) groups is 1. The second-order valence-corrected chi connectivity index (χ2v) is 6.89. The number of hydrogen-bond donors (Lipinski definition) is 0. The molecule has 0 bridgehead atoms. The third-order valence-electron chi connectivity index (χ3n) is 4.75. The Labute approximate surface area is 165 Å². The van der Waals surface area contributed by atoms with Crippen LogP contribution in [-0.2, 0) is 4.79 Å². The minimum atomic E-state index is -0.515. The van der Waals surface area contributed by atoms with Gasteiger partial charge >= 0.3 is 0 Å². The van der Waals surface area contributed by atoms with E-state index < -0.39 is 6.10 Å². The fraction of sp³-hybridized carbons (Fsp3) is 0.381. The Hall–Kier alpha value is -2.40. The molecule has 1 aliphatic rings. The lowest BCUT2D eigenvalue weighted by molar-refractivity contribution is -0.139. The maximum Gasteiger partial charge on any atom is 0.263 e. The summed E-state index contributed by atoms with van der Waals surface area (Å²) in [6, 6.07) is 15.2. The lowest BCUT2D eigenvalue weighted by Gasteiger charge is -2.37. The highest BCUT2D eigenvalue weighted by Crippen LogP contribution is 2.28. The molecule has 0 aromatic heterocycles. The number of rotatable bonds is 6. The molecule has 6 heteroatoms. The van der Waals surface area contributed by atoms with Crippen molar-refractivity contribution in [3.63, 3.8) is 0 Å². The van der Waals surface area contributed by atoms with E-state index in [1.807, 2.05) is 60.4 Å². The van der Waals surface area contributed by atoms with E-state index in [4.69, 9.17) is 21.1 Å². The third-order valence-corrected chi connectivity index (χ3v) is 4.98. The predicted molar refractivity (Wildman–Crippen MR) is 108 cm³/mol. The molecule has 0 unspecified atom stereocenters. The Morgan fingerprint density at radius 1 is 1.07 bits per heavy atom. The Morgan fingerprint density at radius 3 is 2.41 bits per heavy atom. The van der Waals surface area contributed by atoms with Crippen LogP contribution in [0, 0.1) is 0 Å². The van der Waals surface area contributed by atoms with Gasteiger partial charge in [0.05, 0.1) is 7.11 Å². The number of anilines is 1. The van der Waals surface area contributed by atoms with Gasteiger partial charge in [-0.15, -0.1) is 0 Å². The van der Waals surface area contributed by atoms with E-state index in [-0.39, 0.29) is 5.91 Å². The number of halogens is 1. The maximum absolute atomic E-state index is 13.0. The van der Waals surface area contributed by atoms with E-state index >= 15 is 0 Å². The van der Waals surface area contributed by atoms with Gasteiger partial charge in [-0.1, -0.05) is 36.7 Å². The first-order valence-electron chi connectivity index (χ1n) is 9.21. The van der Waals surface area contributed by atoms with Gasteiger partial charge in [0.15, 0.2) is 17.6 Å². The Balaban J connectivity index is 1.61. The summed E-state index contributed by atoms with van der Waals surface area (Å²) in [7, 11) is 1.60. The molecule has 2 aromatic carbocycles. The van der Waals surface area contributed by atoms with Crippen molar-refractivity contribution in [3.05, 3.63) is 53.6 Å². The van der Waals surface area contributed by atoms with Crippen molar-refractivity contribution in [2.75, 3.05) is 38.2 Å². The van der Waals surface area contributed by atoms with E-state index in [1.165, 1.54) is 0 Å². The number of carbonyl (C=O) groups excluding carboxylic acids is 1. The van der Waals surface area contributed by atoms with Gasteiger partial charge in [-0.3, -0.25) is 4.79 Å². The van der Waals surface area contributed by atoms with Crippen LogP contribution in [0.3, 0.4) is 0 Å². The molecule has 1 atom stereocenters. The topological polar surface area (TPSA) is 42.0 Å². The van der Waals surface area contributed by atoms with Crippen LogP contribution in [0.25, 0.3) is 0 Å². The van der Waals surface area contributed by atoms with Crippen molar-refractivity contribution in [3.8, 4) is 11.5 Å². The fourth-order valence-electron chi connectivity index (χ4n) is 3.24. The van der Waals surface area contributed by atoms with E-state index in [1.54, 1.807) is 7.11 Å². The largest absolute Gasteiger partial charge is 0.493 e. The molecule has 5 nitrogen and oxygen atoms in total. The number of para-hydroxylation sites is 2. The molecule has 1 aliphatic heterocycles. The van der Waals surface area contributed by atoms with E-state index in [0.717, 1.165) is 23.8 Å². The van der Waals surface area contributed by atoms with Crippen molar-refractivity contribution >= 4 is 23.2 Å². The molecular weight excluding hydrogens is 364 g/mol. The Kier molecular flexibility index (Phi) is 6.45. The zero-order chi connectivity index (χ0) is 19.2. The first-order chi connectivity index (χ1) is 13.1. The molecule has 27 heavy (non-hydrogen) atoms. The summed E-state index contributed by atoms with van der Waals surface area (Å²) in [5.74, 6) is 1.25. The molecule has 2 aromatic rings. The molecule has 0 N–H and O–H groups in total. The van der Waals surface area contributed by atoms with E-state index in [2.05, 4.69) is 4.90 Å². The molecule has 0 saturated carbocycles. The van der Waals surface area contributed by atoms with Gasteiger partial charge in [0.25, 0.3) is 5.91 Å². The first kappa shape index (κ1) is 19.4.